The standard InChI is InChI=1S/C17H11ClO2S2/c18-12-6-7-13-15(8-12)22-17(14(9-19)16(13)20)21-10-11-4-2-1-3-5-11/h1-9H,10H2. The smallest absolute Gasteiger partial charge is 0.199 e. The maximum atomic E-state index is 12.4. The van der Waals surface area contributed by atoms with Crippen LogP contribution in [-0.2, 0) is 5.75 Å². The van der Waals surface area contributed by atoms with Crippen LogP contribution in [0.1, 0.15) is 15.9 Å². The summed E-state index contributed by atoms with van der Waals surface area (Å²) in [5, 5.41) is 1.13. The zero-order valence-corrected chi connectivity index (χ0v) is 13.8. The summed E-state index contributed by atoms with van der Waals surface area (Å²) in [6.45, 7) is 0. The largest absolute Gasteiger partial charge is 0.298 e. The predicted octanol–water partition coefficient (Wildman–Crippen LogP) is 5.02. The molecule has 0 spiro atoms. The van der Waals surface area contributed by atoms with Crippen LogP contribution in [0.5, 0.6) is 0 Å². The van der Waals surface area contributed by atoms with Gasteiger partial charge < -0.3 is 0 Å². The highest BCUT2D eigenvalue weighted by Crippen LogP contribution is 2.33. The number of carbonyl (C=O) groups excluding carboxylic acids is 1. The van der Waals surface area contributed by atoms with Crippen LogP contribution in [0.4, 0.5) is 0 Å². The zero-order valence-electron chi connectivity index (χ0n) is 11.4. The van der Waals surface area contributed by atoms with Gasteiger partial charge in [0.1, 0.15) is 0 Å². The summed E-state index contributed by atoms with van der Waals surface area (Å²) in [6, 6.07) is 15.1. The number of benzene rings is 2. The SMILES string of the molecule is O=Cc1c(SCc2ccccc2)sc2cc(Cl)ccc2c1=O. The van der Waals surface area contributed by atoms with E-state index in [1.54, 1.807) is 18.2 Å². The Kier molecular flexibility index (Phi) is 4.62. The highest BCUT2D eigenvalue weighted by Gasteiger charge is 2.13. The maximum absolute atomic E-state index is 12.4. The molecular weight excluding hydrogens is 336 g/mol. The molecule has 2 aromatic carbocycles. The first kappa shape index (κ1) is 15.3. The number of rotatable bonds is 4. The molecule has 2 nitrogen and oxygen atoms in total. The number of aldehydes is 1. The topological polar surface area (TPSA) is 34.1 Å². The van der Waals surface area contributed by atoms with E-state index < -0.39 is 0 Å². The van der Waals surface area contributed by atoms with E-state index in [9.17, 15) is 9.59 Å². The number of halogens is 1. The van der Waals surface area contributed by atoms with Gasteiger partial charge in [-0.1, -0.05) is 41.9 Å². The molecule has 0 N–H and O–H groups in total. The fourth-order valence-corrected chi connectivity index (χ4v) is 4.71. The summed E-state index contributed by atoms with van der Waals surface area (Å²) in [5.41, 5.74) is 1.16. The molecule has 0 radical (unpaired) electrons. The zero-order chi connectivity index (χ0) is 15.5. The van der Waals surface area contributed by atoms with E-state index in [0.717, 1.165) is 14.5 Å². The van der Waals surface area contributed by atoms with E-state index in [1.165, 1.54) is 23.1 Å². The minimum Gasteiger partial charge on any atom is -0.298 e. The summed E-state index contributed by atoms with van der Waals surface area (Å²) in [7, 11) is 0. The third kappa shape index (κ3) is 3.09. The van der Waals surface area contributed by atoms with Crippen molar-refractivity contribution in [2.45, 2.75) is 9.96 Å². The summed E-state index contributed by atoms with van der Waals surface area (Å²) in [5.74, 6) is 0.712. The van der Waals surface area contributed by atoms with Gasteiger partial charge in [0, 0.05) is 20.9 Å². The first-order chi connectivity index (χ1) is 10.7. The predicted molar refractivity (Wildman–Crippen MR) is 94.5 cm³/mol. The molecule has 0 saturated heterocycles. The number of hydrogen-bond donors (Lipinski definition) is 0. The molecule has 5 heteroatoms. The summed E-state index contributed by atoms with van der Waals surface area (Å²) in [6.07, 6.45) is 0.653. The van der Waals surface area contributed by atoms with E-state index >= 15 is 0 Å². The molecule has 1 heterocycles. The van der Waals surface area contributed by atoms with Gasteiger partial charge in [0.05, 0.1) is 9.77 Å². The molecular formula is C17H11ClO2S2. The van der Waals surface area contributed by atoms with Crippen LogP contribution in [0.25, 0.3) is 10.1 Å². The second-order valence-electron chi connectivity index (χ2n) is 4.66. The van der Waals surface area contributed by atoms with Crippen LogP contribution < -0.4 is 5.43 Å². The Hall–Kier alpha value is -1.62. The van der Waals surface area contributed by atoms with Gasteiger partial charge in [-0.25, -0.2) is 0 Å². The lowest BCUT2D eigenvalue weighted by Gasteiger charge is -2.06. The maximum Gasteiger partial charge on any atom is 0.199 e. The van der Waals surface area contributed by atoms with Gasteiger partial charge in [-0.3, -0.25) is 9.59 Å². The van der Waals surface area contributed by atoms with Gasteiger partial charge in [0.2, 0.25) is 0 Å². The van der Waals surface area contributed by atoms with E-state index in [-0.39, 0.29) is 11.0 Å². The second-order valence-corrected chi connectivity index (χ2v) is 7.40. The van der Waals surface area contributed by atoms with E-state index in [1.807, 2.05) is 30.3 Å². The van der Waals surface area contributed by atoms with Gasteiger partial charge in [-0.15, -0.1) is 23.1 Å². The van der Waals surface area contributed by atoms with Crippen LogP contribution in [0.3, 0.4) is 0 Å². The van der Waals surface area contributed by atoms with E-state index in [2.05, 4.69) is 0 Å². The molecule has 0 aliphatic heterocycles. The molecule has 0 bridgehead atoms. The van der Waals surface area contributed by atoms with Crippen LogP contribution >= 0.6 is 34.7 Å². The van der Waals surface area contributed by atoms with Crippen molar-refractivity contribution in [2.75, 3.05) is 0 Å². The molecule has 110 valence electrons. The Bertz CT molecular complexity index is 888. The van der Waals surface area contributed by atoms with Crippen molar-refractivity contribution in [1.82, 2.24) is 0 Å². The van der Waals surface area contributed by atoms with Gasteiger partial charge in [0.25, 0.3) is 0 Å². The number of carbonyl (C=O) groups is 1. The molecule has 0 fully saturated rings. The average Bonchev–Trinajstić information content (AvgIpc) is 2.53. The van der Waals surface area contributed by atoms with Gasteiger partial charge in [-0.05, 0) is 23.8 Å². The molecule has 0 saturated carbocycles. The minimum absolute atomic E-state index is 0.226. The lowest BCUT2D eigenvalue weighted by molar-refractivity contribution is 0.112. The van der Waals surface area contributed by atoms with Crippen LogP contribution in [0.2, 0.25) is 5.02 Å². The van der Waals surface area contributed by atoms with Crippen molar-refractivity contribution in [1.29, 1.82) is 0 Å². The van der Waals surface area contributed by atoms with Crippen molar-refractivity contribution in [3.63, 3.8) is 0 Å². The van der Waals surface area contributed by atoms with Crippen LogP contribution in [0.15, 0.2) is 57.5 Å². The fraction of sp³-hybridized carbons (Fsp3) is 0.0588. The lowest BCUT2D eigenvalue weighted by atomic mass is 10.2. The van der Waals surface area contributed by atoms with E-state index in [4.69, 9.17) is 11.6 Å². The Balaban J connectivity index is 2.04. The molecule has 1 aromatic heterocycles. The highest BCUT2D eigenvalue weighted by atomic mass is 35.5. The van der Waals surface area contributed by atoms with Crippen molar-refractivity contribution >= 4 is 51.1 Å². The van der Waals surface area contributed by atoms with Crippen molar-refractivity contribution in [2.24, 2.45) is 0 Å². The van der Waals surface area contributed by atoms with Gasteiger partial charge in [-0.2, -0.15) is 0 Å². The Labute approximate surface area is 140 Å². The molecule has 0 aliphatic rings. The summed E-state index contributed by atoms with van der Waals surface area (Å²) in [4.78, 5) is 23.8. The van der Waals surface area contributed by atoms with Crippen molar-refractivity contribution < 1.29 is 4.79 Å². The molecule has 0 unspecified atom stereocenters. The Morgan fingerprint density at radius 1 is 1.14 bits per heavy atom. The monoisotopic (exact) mass is 346 g/mol. The highest BCUT2D eigenvalue weighted by molar-refractivity contribution is 8.00. The summed E-state index contributed by atoms with van der Waals surface area (Å²) < 4.78 is 1.54. The molecule has 22 heavy (non-hydrogen) atoms. The van der Waals surface area contributed by atoms with Gasteiger partial charge >= 0.3 is 0 Å². The van der Waals surface area contributed by atoms with Crippen molar-refractivity contribution in [3.05, 3.63) is 74.9 Å². The first-order valence-corrected chi connectivity index (χ1v) is 8.75. The van der Waals surface area contributed by atoms with Crippen LogP contribution in [-0.4, -0.2) is 6.29 Å². The summed E-state index contributed by atoms with van der Waals surface area (Å²) >= 11 is 8.93. The third-order valence-corrected chi connectivity index (χ3v) is 5.95. The van der Waals surface area contributed by atoms with Crippen molar-refractivity contribution in [3.8, 4) is 0 Å². The molecule has 0 atom stereocenters. The molecule has 3 rings (SSSR count). The first-order valence-electron chi connectivity index (χ1n) is 6.57. The average molecular weight is 347 g/mol. The molecule has 0 aliphatic carbocycles. The minimum atomic E-state index is -0.226. The Morgan fingerprint density at radius 2 is 1.91 bits per heavy atom. The Morgan fingerprint density at radius 3 is 2.64 bits per heavy atom. The normalized spacial score (nSPS) is 10.8. The van der Waals surface area contributed by atoms with Crippen LogP contribution in [0, 0.1) is 0 Å². The lowest BCUT2D eigenvalue weighted by Crippen LogP contribution is -2.08. The number of fused-ring (bicyclic) bond motifs is 1. The number of thioether (sulfide) groups is 1. The molecule has 0 amide bonds. The second kappa shape index (κ2) is 6.65. The fourth-order valence-electron chi connectivity index (χ4n) is 2.09. The number of hydrogen-bond acceptors (Lipinski definition) is 4. The van der Waals surface area contributed by atoms with Gasteiger partial charge in [0.15, 0.2) is 11.7 Å². The molecule has 3 aromatic rings. The third-order valence-electron chi connectivity index (χ3n) is 3.19. The van der Waals surface area contributed by atoms with E-state index in [0.29, 0.717) is 22.4 Å². The quantitative estimate of drug-likeness (QED) is 0.491.